The van der Waals surface area contributed by atoms with E-state index in [0.717, 1.165) is 0 Å². The summed E-state index contributed by atoms with van der Waals surface area (Å²) in [5.74, 6) is -1.38. The average Bonchev–Trinajstić information content (AvgIpc) is 3.50. The summed E-state index contributed by atoms with van der Waals surface area (Å²) in [5.41, 5.74) is 0.298. The van der Waals surface area contributed by atoms with Gasteiger partial charge in [-0.3, -0.25) is 24.7 Å². The number of Topliss-reactive ketones (excluding diaryl/α,β-unsaturated/α-hetero) is 1. The Bertz CT molecular complexity index is 1350. The summed E-state index contributed by atoms with van der Waals surface area (Å²) in [7, 11) is 0. The molecule has 2 aromatic carbocycles. The van der Waals surface area contributed by atoms with Gasteiger partial charge in [-0.05, 0) is 35.4 Å². The highest BCUT2D eigenvalue weighted by Crippen LogP contribution is 2.40. The number of amides is 1. The van der Waals surface area contributed by atoms with Crippen molar-refractivity contribution in [3.05, 3.63) is 88.0 Å². The highest BCUT2D eigenvalue weighted by molar-refractivity contribution is 6.46. The molecule has 1 amide bonds. The van der Waals surface area contributed by atoms with Crippen molar-refractivity contribution in [1.82, 2.24) is 9.88 Å². The first-order chi connectivity index (χ1) is 17.4. The van der Waals surface area contributed by atoms with Crippen LogP contribution in [-0.4, -0.2) is 46.3 Å². The van der Waals surface area contributed by atoms with Crippen LogP contribution in [0.4, 0.5) is 5.69 Å². The number of imidazole rings is 1. The van der Waals surface area contributed by atoms with Crippen molar-refractivity contribution in [2.24, 2.45) is 0 Å². The first-order valence-corrected chi connectivity index (χ1v) is 11.4. The minimum Gasteiger partial charge on any atom is -0.872 e. The first-order valence-electron chi connectivity index (χ1n) is 11.4. The van der Waals surface area contributed by atoms with Crippen molar-refractivity contribution in [3.8, 4) is 11.5 Å². The zero-order chi connectivity index (χ0) is 25.2. The lowest BCUT2D eigenvalue weighted by Crippen LogP contribution is -2.36. The van der Waals surface area contributed by atoms with Gasteiger partial charge < -0.3 is 19.5 Å². The molecule has 184 valence electrons. The van der Waals surface area contributed by atoms with Gasteiger partial charge in [0.05, 0.1) is 17.5 Å². The number of nitro groups is 1. The molecule has 2 aliphatic rings. The molecule has 2 aliphatic heterocycles. The Morgan fingerprint density at radius 2 is 1.86 bits per heavy atom. The van der Waals surface area contributed by atoms with Gasteiger partial charge in [0.15, 0.2) is 11.5 Å². The molecule has 0 spiro atoms. The number of ketones is 1. The summed E-state index contributed by atoms with van der Waals surface area (Å²) in [5, 5.41) is 24.7. The molecule has 5 rings (SSSR count). The maximum absolute atomic E-state index is 13.6. The fraction of sp³-hybridized carbons (Fsp3) is 0.240. The van der Waals surface area contributed by atoms with Gasteiger partial charge in [-0.25, -0.2) is 4.57 Å². The topological polar surface area (TPSA) is 142 Å². The van der Waals surface area contributed by atoms with Crippen molar-refractivity contribution < 1.29 is 33.7 Å². The minimum atomic E-state index is -0.970. The molecule has 11 nitrogen and oxygen atoms in total. The molecule has 1 N–H and O–H groups in total. The van der Waals surface area contributed by atoms with Crippen LogP contribution in [-0.2, 0) is 16.1 Å². The number of H-pyrrole nitrogens is 1. The summed E-state index contributed by atoms with van der Waals surface area (Å²) < 4.78 is 13.0. The largest absolute Gasteiger partial charge is 0.872 e. The van der Waals surface area contributed by atoms with E-state index in [-0.39, 0.29) is 23.4 Å². The second kappa shape index (κ2) is 9.53. The number of hydrogen-bond donors (Lipinski definition) is 1. The van der Waals surface area contributed by atoms with Gasteiger partial charge >= 0.3 is 0 Å². The van der Waals surface area contributed by atoms with Gasteiger partial charge in [0, 0.05) is 30.7 Å². The second-order valence-electron chi connectivity index (χ2n) is 8.38. The van der Waals surface area contributed by atoms with Gasteiger partial charge in [-0.15, -0.1) is 0 Å². The molecule has 3 heterocycles. The zero-order valence-corrected chi connectivity index (χ0v) is 19.1. The molecule has 1 fully saturated rings. The number of fused-ring (bicyclic) bond motifs is 1. The standard InChI is InChI=1S/C25H22N4O7/c30-23(17-4-7-19-20(14-17)36-13-12-35-19)21-22(16-2-5-18(6-3-16)29(33)34)28(25(32)24(21)31)10-1-9-27-11-8-26-15-27/h2-8,11,14-15,22H,1,9-10,12-13H2,(H,30,31). The van der Waals surface area contributed by atoms with E-state index < -0.39 is 28.4 Å². The minimum absolute atomic E-state index is 0.135. The fourth-order valence-electron chi connectivity index (χ4n) is 4.45. The number of non-ortho nitro benzene ring substituents is 1. The average molecular weight is 490 g/mol. The smallest absolute Gasteiger partial charge is 0.295 e. The van der Waals surface area contributed by atoms with Crippen molar-refractivity contribution in [2.45, 2.75) is 19.0 Å². The summed E-state index contributed by atoms with van der Waals surface area (Å²) in [6.45, 7) is 1.52. The van der Waals surface area contributed by atoms with E-state index in [0.29, 0.717) is 43.2 Å². The van der Waals surface area contributed by atoms with E-state index in [9.17, 15) is 24.8 Å². The number of carbonyl (C=O) groups is 2. The van der Waals surface area contributed by atoms with Gasteiger partial charge in [0.2, 0.25) is 12.1 Å². The zero-order valence-electron chi connectivity index (χ0n) is 19.1. The number of aromatic nitrogens is 2. The molecule has 1 unspecified atom stereocenters. The number of nitro benzene ring substituents is 1. The molecule has 1 atom stereocenters. The van der Waals surface area contributed by atoms with Crippen LogP contribution in [0.1, 0.15) is 23.6 Å². The number of nitrogens with one attached hydrogen (secondary N) is 1. The number of aryl methyl sites for hydroxylation is 1. The predicted molar refractivity (Wildman–Crippen MR) is 123 cm³/mol. The number of aromatic amines is 1. The fourth-order valence-corrected chi connectivity index (χ4v) is 4.45. The Balaban J connectivity index is 1.54. The highest BCUT2D eigenvalue weighted by Gasteiger charge is 2.44. The Morgan fingerprint density at radius 1 is 1.11 bits per heavy atom. The van der Waals surface area contributed by atoms with Crippen LogP contribution >= 0.6 is 0 Å². The first kappa shape index (κ1) is 23.1. The molecule has 0 radical (unpaired) electrons. The van der Waals surface area contributed by atoms with Crippen molar-refractivity contribution in [3.63, 3.8) is 0 Å². The van der Waals surface area contributed by atoms with E-state index in [2.05, 4.69) is 4.98 Å². The Labute approximate surface area is 205 Å². The van der Waals surface area contributed by atoms with Crippen LogP contribution in [0.5, 0.6) is 11.5 Å². The Morgan fingerprint density at radius 3 is 2.56 bits per heavy atom. The van der Waals surface area contributed by atoms with Crippen LogP contribution in [0.3, 0.4) is 0 Å². The van der Waals surface area contributed by atoms with Crippen LogP contribution < -0.4 is 19.1 Å². The highest BCUT2D eigenvalue weighted by atomic mass is 16.6. The summed E-state index contributed by atoms with van der Waals surface area (Å²) in [6, 6.07) is 9.18. The molecule has 0 aliphatic carbocycles. The van der Waals surface area contributed by atoms with E-state index in [1.165, 1.54) is 41.3 Å². The SMILES string of the molecule is O=C1C(=O)N(CCC[n+]2cc[nH]c2)C(c2ccc([N+](=O)[O-])cc2)C1=C([O-])c1ccc2c(c1)OCCO2. The summed E-state index contributed by atoms with van der Waals surface area (Å²) >= 11 is 0. The number of rotatable bonds is 7. The van der Waals surface area contributed by atoms with Crippen molar-refractivity contribution >= 4 is 23.1 Å². The van der Waals surface area contributed by atoms with E-state index >= 15 is 0 Å². The van der Waals surface area contributed by atoms with Gasteiger partial charge in [0.25, 0.3) is 11.6 Å². The third-order valence-corrected chi connectivity index (χ3v) is 6.17. The third kappa shape index (κ3) is 4.26. The lowest BCUT2D eigenvalue weighted by atomic mass is 9.95. The van der Waals surface area contributed by atoms with E-state index in [1.807, 2.05) is 10.8 Å². The molecule has 0 saturated carbocycles. The number of ether oxygens (including phenoxy) is 2. The Kier molecular flexibility index (Phi) is 6.11. The lowest BCUT2D eigenvalue weighted by molar-refractivity contribution is -0.695. The maximum atomic E-state index is 13.6. The molecule has 36 heavy (non-hydrogen) atoms. The molecule has 11 heteroatoms. The Hall–Kier alpha value is -4.67. The van der Waals surface area contributed by atoms with Crippen molar-refractivity contribution in [1.29, 1.82) is 0 Å². The van der Waals surface area contributed by atoms with E-state index in [4.69, 9.17) is 9.47 Å². The van der Waals surface area contributed by atoms with Crippen LogP contribution in [0, 0.1) is 10.1 Å². The van der Waals surface area contributed by atoms with Crippen LogP contribution in [0.25, 0.3) is 5.76 Å². The van der Waals surface area contributed by atoms with Gasteiger partial charge in [0.1, 0.15) is 25.6 Å². The quantitative estimate of drug-likeness (QED) is 0.131. The van der Waals surface area contributed by atoms with Crippen molar-refractivity contribution in [2.75, 3.05) is 19.8 Å². The van der Waals surface area contributed by atoms with Gasteiger partial charge in [-0.2, -0.15) is 0 Å². The summed E-state index contributed by atoms with van der Waals surface area (Å²) in [4.78, 5) is 41.1. The number of nitrogens with zero attached hydrogens (tertiary/aromatic N) is 3. The van der Waals surface area contributed by atoms with Crippen LogP contribution in [0.15, 0.2) is 66.8 Å². The molecule has 0 bridgehead atoms. The second-order valence-corrected chi connectivity index (χ2v) is 8.38. The molecule has 1 saturated heterocycles. The maximum Gasteiger partial charge on any atom is 0.295 e. The summed E-state index contributed by atoms with van der Waals surface area (Å²) in [6.07, 6.45) is 5.90. The normalized spacial score (nSPS) is 18.4. The molecular weight excluding hydrogens is 468 g/mol. The molecular formula is C25H22N4O7. The third-order valence-electron chi connectivity index (χ3n) is 6.17. The monoisotopic (exact) mass is 490 g/mol. The number of benzene rings is 2. The van der Waals surface area contributed by atoms with Crippen LogP contribution in [0.2, 0.25) is 0 Å². The number of hydrogen-bond acceptors (Lipinski definition) is 7. The predicted octanol–water partition coefficient (Wildman–Crippen LogP) is 1.30. The number of likely N-dealkylation sites (tertiary alicyclic amines) is 1. The molecule has 3 aromatic rings. The van der Waals surface area contributed by atoms with Gasteiger partial charge in [-0.1, -0.05) is 11.8 Å². The number of carbonyl (C=O) groups excluding carboxylic acids is 2. The molecule has 1 aromatic heterocycles. The van der Waals surface area contributed by atoms with E-state index in [1.54, 1.807) is 18.6 Å². The lowest BCUT2D eigenvalue weighted by Gasteiger charge is -2.28.